The number of ether oxygens (including phenoxy) is 2. The molecule has 0 spiro atoms. The summed E-state index contributed by atoms with van der Waals surface area (Å²) in [5, 5.41) is 4.56. The van der Waals surface area contributed by atoms with Crippen LogP contribution in [0.3, 0.4) is 0 Å². The van der Waals surface area contributed by atoms with E-state index in [-0.39, 0.29) is 5.82 Å². The van der Waals surface area contributed by atoms with Crippen LogP contribution < -0.4 is 14.9 Å². The zero-order valence-corrected chi connectivity index (χ0v) is 21.8. The van der Waals surface area contributed by atoms with E-state index in [0.717, 1.165) is 16.7 Å². The minimum absolute atomic E-state index is 0.301. The smallest absolute Gasteiger partial charge is 0.179 e. The fourth-order valence-electron chi connectivity index (χ4n) is 3.84. The number of aromatic nitrogens is 1. The third-order valence-corrected chi connectivity index (χ3v) is 5.96. The molecule has 4 aromatic carbocycles. The maximum absolute atomic E-state index is 13.3. The van der Waals surface area contributed by atoms with E-state index in [0.29, 0.717) is 41.8 Å². The molecule has 0 atom stereocenters. The first-order valence-electron chi connectivity index (χ1n) is 12.9. The third kappa shape index (κ3) is 7.65. The summed E-state index contributed by atoms with van der Waals surface area (Å²) in [6.07, 6.45) is 5.42. The Morgan fingerprint density at radius 1 is 0.725 bits per heavy atom. The summed E-state index contributed by atoms with van der Waals surface area (Å²) in [7, 11) is 0. The molecule has 0 aliphatic heterocycles. The van der Waals surface area contributed by atoms with Gasteiger partial charge in [-0.1, -0.05) is 91.0 Å². The van der Waals surface area contributed by atoms with Crippen LogP contribution in [0.5, 0.6) is 11.5 Å². The van der Waals surface area contributed by atoms with Gasteiger partial charge in [0.05, 0.1) is 23.3 Å². The van der Waals surface area contributed by atoms with E-state index in [1.165, 1.54) is 12.1 Å². The van der Waals surface area contributed by atoms with Crippen LogP contribution in [0.2, 0.25) is 0 Å². The molecular weight excluding hydrogens is 501 g/mol. The lowest BCUT2D eigenvalue weighted by atomic mass is 10.1. The van der Waals surface area contributed by atoms with Crippen LogP contribution in [-0.2, 0) is 13.2 Å². The number of nitrogens with one attached hydrogen (secondary N) is 1. The van der Waals surface area contributed by atoms with Gasteiger partial charge in [0.25, 0.3) is 0 Å². The van der Waals surface area contributed by atoms with Crippen molar-refractivity contribution >= 4 is 17.5 Å². The van der Waals surface area contributed by atoms with E-state index in [1.807, 2.05) is 109 Å². The molecule has 0 radical (unpaired) electrons. The molecular formula is C34H28FN3O2. The molecule has 1 N–H and O–H groups in total. The van der Waals surface area contributed by atoms with Crippen LogP contribution in [0.25, 0.3) is 6.08 Å². The van der Waals surface area contributed by atoms with Gasteiger partial charge in [0.2, 0.25) is 0 Å². The third-order valence-electron chi connectivity index (χ3n) is 5.96. The molecule has 0 fully saturated rings. The molecule has 0 bridgehead atoms. The van der Waals surface area contributed by atoms with Crippen molar-refractivity contribution in [3.63, 3.8) is 0 Å². The van der Waals surface area contributed by atoms with Gasteiger partial charge in [-0.2, -0.15) is 5.10 Å². The molecule has 0 amide bonds. The monoisotopic (exact) mass is 529 g/mol. The maximum Gasteiger partial charge on any atom is 0.179 e. The quantitative estimate of drug-likeness (QED) is 0.140. The van der Waals surface area contributed by atoms with Gasteiger partial charge in [0, 0.05) is 11.6 Å². The number of rotatable bonds is 11. The van der Waals surface area contributed by atoms with Crippen LogP contribution in [-0.4, -0.2) is 10.7 Å². The fourth-order valence-corrected chi connectivity index (χ4v) is 3.84. The standard InChI is InChI=1S/C34H28FN3O2/c35-29-16-18-30(19-17-29)37-38-32(28-14-8-3-9-15-28)21-20-31-22-33(39-24-26-10-4-1-5-11-26)34(23-36-31)40-25-27-12-6-2-7-13-27/h1-23,37H,24-25H2/b21-20+,38-32-. The summed E-state index contributed by atoms with van der Waals surface area (Å²) >= 11 is 0. The number of hydrazone groups is 1. The van der Waals surface area contributed by atoms with E-state index in [1.54, 1.807) is 18.3 Å². The normalized spacial score (nSPS) is 11.4. The molecule has 5 aromatic rings. The van der Waals surface area contributed by atoms with Gasteiger partial charge in [-0.05, 0) is 47.5 Å². The Morgan fingerprint density at radius 3 is 1.93 bits per heavy atom. The summed E-state index contributed by atoms with van der Waals surface area (Å²) in [5.74, 6) is 0.856. The molecule has 0 aliphatic rings. The first kappa shape index (κ1) is 26.4. The van der Waals surface area contributed by atoms with Gasteiger partial charge < -0.3 is 9.47 Å². The summed E-state index contributed by atoms with van der Waals surface area (Å²) < 4.78 is 25.6. The lowest BCUT2D eigenvalue weighted by molar-refractivity contribution is 0.255. The fraction of sp³-hybridized carbons (Fsp3) is 0.0588. The molecule has 5 rings (SSSR count). The highest BCUT2D eigenvalue weighted by Gasteiger charge is 2.09. The lowest BCUT2D eigenvalue weighted by Crippen LogP contribution is -2.03. The predicted molar refractivity (Wildman–Crippen MR) is 158 cm³/mol. The van der Waals surface area contributed by atoms with Crippen LogP contribution in [0.1, 0.15) is 22.4 Å². The summed E-state index contributed by atoms with van der Waals surface area (Å²) in [6, 6.07) is 37.6. The highest BCUT2D eigenvalue weighted by molar-refractivity contribution is 6.10. The Morgan fingerprint density at radius 2 is 1.30 bits per heavy atom. The molecule has 0 aliphatic carbocycles. The minimum atomic E-state index is -0.301. The van der Waals surface area contributed by atoms with Crippen LogP contribution >= 0.6 is 0 Å². The molecule has 0 saturated carbocycles. The second kappa shape index (κ2) is 13.5. The Kier molecular flexibility index (Phi) is 8.92. The zero-order chi connectivity index (χ0) is 27.4. The van der Waals surface area contributed by atoms with Crippen LogP contribution in [0, 0.1) is 5.82 Å². The molecule has 0 saturated heterocycles. The van der Waals surface area contributed by atoms with Crippen molar-refractivity contribution in [1.29, 1.82) is 0 Å². The molecule has 198 valence electrons. The lowest BCUT2D eigenvalue weighted by Gasteiger charge is -2.13. The van der Waals surface area contributed by atoms with Gasteiger partial charge in [0.15, 0.2) is 11.5 Å². The molecule has 40 heavy (non-hydrogen) atoms. The molecule has 1 aromatic heterocycles. The Bertz CT molecular complexity index is 1560. The number of pyridine rings is 1. The van der Waals surface area contributed by atoms with Gasteiger partial charge in [-0.3, -0.25) is 10.4 Å². The zero-order valence-electron chi connectivity index (χ0n) is 21.8. The highest BCUT2D eigenvalue weighted by Crippen LogP contribution is 2.29. The Hall–Kier alpha value is -5.23. The van der Waals surface area contributed by atoms with Gasteiger partial charge >= 0.3 is 0 Å². The number of nitrogens with zero attached hydrogens (tertiary/aromatic N) is 2. The van der Waals surface area contributed by atoms with E-state index in [4.69, 9.17) is 9.47 Å². The van der Waals surface area contributed by atoms with Gasteiger partial charge in [-0.25, -0.2) is 4.39 Å². The summed E-state index contributed by atoms with van der Waals surface area (Å²) in [5.41, 5.74) is 8.06. The van der Waals surface area contributed by atoms with E-state index in [9.17, 15) is 4.39 Å². The predicted octanol–water partition coefficient (Wildman–Crippen LogP) is 7.91. The second-order valence-corrected chi connectivity index (χ2v) is 8.92. The summed E-state index contributed by atoms with van der Waals surface area (Å²) in [4.78, 5) is 4.59. The second-order valence-electron chi connectivity index (χ2n) is 8.92. The maximum atomic E-state index is 13.3. The molecule has 0 unspecified atom stereocenters. The first-order valence-corrected chi connectivity index (χ1v) is 12.9. The van der Waals surface area contributed by atoms with Crippen molar-refractivity contribution in [2.24, 2.45) is 5.10 Å². The van der Waals surface area contributed by atoms with Crippen LogP contribution in [0.4, 0.5) is 10.1 Å². The minimum Gasteiger partial charge on any atom is -0.485 e. The van der Waals surface area contributed by atoms with Crippen molar-refractivity contribution in [3.05, 3.63) is 162 Å². The Labute approximate surface area is 233 Å². The van der Waals surface area contributed by atoms with Crippen molar-refractivity contribution in [2.45, 2.75) is 13.2 Å². The number of allylic oxidation sites excluding steroid dienone is 1. The Balaban J connectivity index is 1.39. The van der Waals surface area contributed by atoms with E-state index in [2.05, 4.69) is 15.5 Å². The van der Waals surface area contributed by atoms with Crippen molar-refractivity contribution < 1.29 is 13.9 Å². The van der Waals surface area contributed by atoms with Gasteiger partial charge in [0.1, 0.15) is 19.0 Å². The number of halogens is 1. The largest absolute Gasteiger partial charge is 0.485 e. The SMILES string of the molecule is Fc1ccc(N/N=C(/C=C/c2cc(OCc3ccccc3)c(OCc3ccccc3)cn2)c2ccccc2)cc1. The number of hydrogen-bond acceptors (Lipinski definition) is 5. The summed E-state index contributed by atoms with van der Waals surface area (Å²) in [6.45, 7) is 0.799. The first-order chi connectivity index (χ1) is 19.7. The molecule has 6 heteroatoms. The number of hydrogen-bond donors (Lipinski definition) is 1. The average Bonchev–Trinajstić information content (AvgIpc) is 3.02. The molecule has 5 nitrogen and oxygen atoms in total. The van der Waals surface area contributed by atoms with Crippen molar-refractivity contribution in [3.8, 4) is 11.5 Å². The van der Waals surface area contributed by atoms with Crippen molar-refractivity contribution in [2.75, 3.05) is 5.43 Å². The average molecular weight is 530 g/mol. The molecule has 1 heterocycles. The van der Waals surface area contributed by atoms with Crippen LogP contribution in [0.15, 0.2) is 139 Å². The van der Waals surface area contributed by atoms with E-state index < -0.39 is 0 Å². The number of anilines is 1. The van der Waals surface area contributed by atoms with Gasteiger partial charge in [-0.15, -0.1) is 0 Å². The van der Waals surface area contributed by atoms with E-state index >= 15 is 0 Å². The number of benzene rings is 4. The van der Waals surface area contributed by atoms with Crippen molar-refractivity contribution in [1.82, 2.24) is 4.98 Å². The topological polar surface area (TPSA) is 55.7 Å². The highest BCUT2D eigenvalue weighted by atomic mass is 19.1.